The van der Waals surface area contributed by atoms with Crippen LogP contribution in [0.3, 0.4) is 0 Å². The van der Waals surface area contributed by atoms with Crippen molar-refractivity contribution in [2.24, 2.45) is 0 Å². The van der Waals surface area contributed by atoms with Gasteiger partial charge in [-0.15, -0.1) is 0 Å². The van der Waals surface area contributed by atoms with E-state index in [1.807, 2.05) is 12.4 Å². The van der Waals surface area contributed by atoms with E-state index in [1.165, 1.54) is 120 Å². The first-order chi connectivity index (χ1) is 51.6. The summed E-state index contributed by atoms with van der Waals surface area (Å²) in [7, 11) is 0. The van der Waals surface area contributed by atoms with Crippen LogP contribution in [-0.4, -0.2) is 38.2 Å². The minimum Gasteiger partial charge on any atom is -0.309 e. The predicted octanol–water partition coefficient (Wildman–Crippen LogP) is 24.6. The van der Waals surface area contributed by atoms with E-state index in [2.05, 4.69) is 334 Å². The van der Waals surface area contributed by atoms with Gasteiger partial charge in [-0.1, -0.05) is 188 Å². The average molecular weight is 1320 g/mol. The number of hydrogen-bond acceptors (Lipinski definition) is 4. The SMILES string of the molecule is c1ccc(-n2c3ccccc3c3cc(-c4ccc5c(c4)c4cc6ccccc6cc4n5-c4cc5c(cn4)-c4ncc(-c6ccc(-n7c8ccc(-c9ccc%10c(c9)c9ccccc9n%10-c9cc%10c(cn9)-c9nccc%11cccc-%10c9%11)cc8c8ccc9ccccc9c87)cc6)c6cccc-5c46)ccc32)cc1. The topological polar surface area (TPSA) is 71.3 Å². The zero-order valence-electron chi connectivity index (χ0n) is 55.8. The fourth-order valence-electron chi connectivity index (χ4n) is 18.1. The number of pyridine rings is 4. The number of rotatable bonds is 7. The van der Waals surface area contributed by atoms with Gasteiger partial charge < -0.3 is 9.13 Å². The standard InChI is InChI=1S/C96H54N8/c1-2-18-64(19-3-1)101-83-26-10-8-21-67(83)75-45-60(31-38-85(75)101)63-34-41-88-78(48-63)79-44-58-15-4-5-16-59(58)49-89(79)104(88)91-51-74-70-24-13-25-71-80(52-100-95(93(70)71)82(74)54-99-91)56-28-35-65(36-29-56)102-86-39-32-62(47-77(86)72-37-30-55-14-6-7-20-66(55)96(72)102)61-33-40-87-76(46-61)68-22-9-11-27-84(68)103(87)90-50-73-69-23-12-17-57-42-43-97-94(92(57)69)81(73)53-98-90/h1-54H. The first kappa shape index (κ1) is 55.8. The maximum atomic E-state index is 5.37. The number of nitrogens with zero attached hydrogens (tertiary/aromatic N) is 8. The summed E-state index contributed by atoms with van der Waals surface area (Å²) in [6, 6.07) is 112. The second-order valence-electron chi connectivity index (χ2n) is 28.1. The van der Waals surface area contributed by atoms with Crippen LogP contribution in [0.2, 0.25) is 0 Å². The molecule has 2 aliphatic carbocycles. The van der Waals surface area contributed by atoms with Crippen LogP contribution in [-0.2, 0) is 0 Å². The number of para-hydroxylation sites is 3. The van der Waals surface area contributed by atoms with Gasteiger partial charge in [0.2, 0.25) is 0 Å². The summed E-state index contributed by atoms with van der Waals surface area (Å²) in [5, 5.41) is 19.1. The largest absolute Gasteiger partial charge is 0.309 e. The molecule has 2 aliphatic rings. The van der Waals surface area contributed by atoms with Gasteiger partial charge in [0, 0.05) is 112 Å². The molecule has 8 aromatic heterocycles. The second kappa shape index (κ2) is 20.8. The molecule has 24 rings (SSSR count). The van der Waals surface area contributed by atoms with Crippen LogP contribution in [0.4, 0.5) is 0 Å². The van der Waals surface area contributed by atoms with Crippen LogP contribution in [0.25, 0.3) is 231 Å². The van der Waals surface area contributed by atoms with E-state index >= 15 is 0 Å². The van der Waals surface area contributed by atoms with Gasteiger partial charge in [0.1, 0.15) is 11.6 Å². The maximum absolute atomic E-state index is 5.37. The second-order valence-corrected chi connectivity index (χ2v) is 28.1. The van der Waals surface area contributed by atoms with Crippen molar-refractivity contribution in [2.75, 3.05) is 0 Å². The zero-order valence-corrected chi connectivity index (χ0v) is 55.8. The summed E-state index contributed by atoms with van der Waals surface area (Å²) in [5.74, 6) is 1.75. The predicted molar refractivity (Wildman–Crippen MR) is 430 cm³/mol. The molecular formula is C96H54N8. The van der Waals surface area contributed by atoms with E-state index in [0.717, 1.165) is 112 Å². The summed E-state index contributed by atoms with van der Waals surface area (Å²) >= 11 is 0. The van der Waals surface area contributed by atoms with E-state index in [9.17, 15) is 0 Å². The molecule has 0 fully saturated rings. The minimum atomic E-state index is 0.867. The highest BCUT2D eigenvalue weighted by molar-refractivity contribution is 6.22. The highest BCUT2D eigenvalue weighted by Gasteiger charge is 2.29. The Hall–Kier alpha value is -14.1. The minimum absolute atomic E-state index is 0.867. The number of aromatic nitrogens is 8. The van der Waals surface area contributed by atoms with Crippen LogP contribution in [0.5, 0.6) is 0 Å². The molecule has 0 saturated carbocycles. The molecule has 0 atom stereocenters. The fourth-order valence-corrected chi connectivity index (χ4v) is 18.1. The Balaban J connectivity index is 0.590. The lowest BCUT2D eigenvalue weighted by atomic mass is 9.97. The van der Waals surface area contributed by atoms with Crippen LogP contribution >= 0.6 is 0 Å². The van der Waals surface area contributed by atoms with Crippen molar-refractivity contribution < 1.29 is 0 Å². The van der Waals surface area contributed by atoms with E-state index in [-0.39, 0.29) is 0 Å². The quantitative estimate of drug-likeness (QED) is 0.159. The molecule has 22 aromatic rings. The van der Waals surface area contributed by atoms with Crippen molar-refractivity contribution in [1.82, 2.24) is 38.2 Å². The van der Waals surface area contributed by atoms with Crippen LogP contribution in [0.15, 0.2) is 328 Å². The molecule has 104 heavy (non-hydrogen) atoms. The highest BCUT2D eigenvalue weighted by Crippen LogP contribution is 2.51. The summed E-state index contributed by atoms with van der Waals surface area (Å²) < 4.78 is 9.54. The van der Waals surface area contributed by atoms with Crippen molar-refractivity contribution >= 4 is 130 Å². The molecule has 8 nitrogen and oxygen atoms in total. The normalized spacial score (nSPS) is 12.4. The Morgan fingerprint density at radius 3 is 1.34 bits per heavy atom. The Morgan fingerprint density at radius 1 is 0.202 bits per heavy atom. The van der Waals surface area contributed by atoms with Crippen molar-refractivity contribution in [3.8, 4) is 101 Å². The number of hydrogen-bond donors (Lipinski definition) is 0. The summed E-state index contributed by atoms with van der Waals surface area (Å²) in [6.45, 7) is 0. The van der Waals surface area contributed by atoms with E-state index in [0.29, 0.717) is 0 Å². The molecule has 0 unspecified atom stereocenters. The Bertz CT molecular complexity index is 7590. The van der Waals surface area contributed by atoms with Gasteiger partial charge in [-0.25, -0.2) is 9.97 Å². The Kier molecular flexibility index (Phi) is 11.1. The maximum Gasteiger partial charge on any atom is 0.138 e. The molecule has 0 spiro atoms. The molecular weight excluding hydrogens is 1270 g/mol. The third-order valence-electron chi connectivity index (χ3n) is 22.8. The van der Waals surface area contributed by atoms with Gasteiger partial charge in [0.15, 0.2) is 0 Å². The van der Waals surface area contributed by atoms with Crippen LogP contribution in [0, 0.1) is 0 Å². The lowest BCUT2D eigenvalue weighted by molar-refractivity contribution is 1.08. The molecule has 0 radical (unpaired) electrons. The van der Waals surface area contributed by atoms with E-state index < -0.39 is 0 Å². The molecule has 0 amide bonds. The molecule has 478 valence electrons. The summed E-state index contributed by atoms with van der Waals surface area (Å²) in [6.07, 6.45) is 8.04. The Labute approximate surface area is 594 Å². The fraction of sp³-hybridized carbons (Fsp3) is 0. The third-order valence-corrected chi connectivity index (χ3v) is 22.8. The summed E-state index contributed by atoms with van der Waals surface area (Å²) in [4.78, 5) is 20.7. The van der Waals surface area contributed by atoms with Gasteiger partial charge in [-0.05, 0) is 192 Å². The molecule has 14 aromatic carbocycles. The van der Waals surface area contributed by atoms with Crippen molar-refractivity contribution in [2.45, 2.75) is 0 Å². The zero-order chi connectivity index (χ0) is 67.6. The van der Waals surface area contributed by atoms with Crippen LogP contribution < -0.4 is 0 Å². The van der Waals surface area contributed by atoms with Gasteiger partial charge in [-0.3, -0.25) is 19.1 Å². The van der Waals surface area contributed by atoms with Crippen molar-refractivity contribution in [1.29, 1.82) is 0 Å². The molecule has 0 bridgehead atoms. The van der Waals surface area contributed by atoms with Crippen molar-refractivity contribution in [3.63, 3.8) is 0 Å². The van der Waals surface area contributed by atoms with Gasteiger partial charge in [0.25, 0.3) is 0 Å². The highest BCUT2D eigenvalue weighted by atomic mass is 15.1. The lowest BCUT2D eigenvalue weighted by Crippen LogP contribution is -1.98. The van der Waals surface area contributed by atoms with Gasteiger partial charge >= 0.3 is 0 Å². The van der Waals surface area contributed by atoms with E-state index in [1.54, 1.807) is 0 Å². The first-order valence-electron chi connectivity index (χ1n) is 35.6. The average Bonchev–Trinajstić information content (AvgIpc) is 1.58. The summed E-state index contributed by atoms with van der Waals surface area (Å²) in [5.41, 5.74) is 27.0. The first-order valence-corrected chi connectivity index (χ1v) is 35.6. The molecule has 0 saturated heterocycles. The third kappa shape index (κ3) is 7.69. The Morgan fingerprint density at radius 2 is 0.663 bits per heavy atom. The monoisotopic (exact) mass is 1320 g/mol. The molecule has 0 N–H and O–H groups in total. The smallest absolute Gasteiger partial charge is 0.138 e. The molecule has 0 aliphatic heterocycles. The van der Waals surface area contributed by atoms with Crippen molar-refractivity contribution in [3.05, 3.63) is 328 Å². The van der Waals surface area contributed by atoms with E-state index in [4.69, 9.17) is 19.9 Å². The van der Waals surface area contributed by atoms with Gasteiger partial charge in [-0.2, -0.15) is 0 Å². The van der Waals surface area contributed by atoms with Crippen LogP contribution in [0.1, 0.15) is 0 Å². The number of benzene rings is 14. The molecule has 8 heteroatoms. The van der Waals surface area contributed by atoms with Gasteiger partial charge in [0.05, 0.1) is 55.5 Å². The lowest BCUT2D eigenvalue weighted by Gasteiger charge is -2.13. The molecule has 8 heterocycles. The number of fused-ring (bicyclic) bond motifs is 21.